The quantitative estimate of drug-likeness (QED) is 0.692. The van der Waals surface area contributed by atoms with Gasteiger partial charge < -0.3 is 4.43 Å². The predicted octanol–water partition coefficient (Wildman–Crippen LogP) is 4.24. The van der Waals surface area contributed by atoms with Crippen molar-refractivity contribution in [3.8, 4) is 5.75 Å². The molecule has 0 radical (unpaired) electrons. The van der Waals surface area contributed by atoms with Crippen LogP contribution in [0.3, 0.4) is 0 Å². The van der Waals surface area contributed by atoms with E-state index in [0.29, 0.717) is 0 Å². The molecule has 0 atom stereocenters. The van der Waals surface area contributed by atoms with Gasteiger partial charge in [0, 0.05) is 0 Å². The maximum absolute atomic E-state index is 5.93. The molecule has 82 valence electrons. The lowest BCUT2D eigenvalue weighted by Crippen LogP contribution is -2.29. The van der Waals surface area contributed by atoms with Crippen LogP contribution in [0.2, 0.25) is 19.6 Å². The SMILES string of the molecule is CC=Cc1ccc(O[Si](C)(C)C)cc1C. The molecule has 2 heteroatoms. The molecule has 0 fully saturated rings. The summed E-state index contributed by atoms with van der Waals surface area (Å²) in [6, 6.07) is 6.29. The van der Waals surface area contributed by atoms with E-state index < -0.39 is 8.32 Å². The molecular formula is C13H20OSi. The van der Waals surface area contributed by atoms with Crippen LogP contribution in [-0.4, -0.2) is 8.32 Å². The molecule has 0 bridgehead atoms. The van der Waals surface area contributed by atoms with Crippen LogP contribution < -0.4 is 4.43 Å². The van der Waals surface area contributed by atoms with Gasteiger partial charge in [-0.15, -0.1) is 0 Å². The second-order valence-electron chi connectivity index (χ2n) is 4.73. The number of benzene rings is 1. The Balaban J connectivity index is 2.92. The van der Waals surface area contributed by atoms with Gasteiger partial charge in [-0.3, -0.25) is 0 Å². The highest BCUT2D eigenvalue weighted by Crippen LogP contribution is 2.21. The van der Waals surface area contributed by atoms with Crippen LogP contribution in [0.1, 0.15) is 18.1 Å². The zero-order chi connectivity index (χ0) is 11.5. The third-order valence-corrected chi connectivity index (χ3v) is 2.86. The lowest BCUT2D eigenvalue weighted by molar-refractivity contribution is 0.557. The van der Waals surface area contributed by atoms with Crippen molar-refractivity contribution < 1.29 is 4.43 Å². The molecule has 0 aliphatic rings. The Bertz CT molecular complexity index is 361. The molecule has 0 aromatic heterocycles. The Kier molecular flexibility index (Phi) is 3.75. The number of hydrogen-bond acceptors (Lipinski definition) is 1. The van der Waals surface area contributed by atoms with Gasteiger partial charge in [-0.25, -0.2) is 0 Å². The number of rotatable bonds is 3. The Labute approximate surface area is 93.9 Å². The molecule has 0 saturated carbocycles. The van der Waals surface area contributed by atoms with Crippen molar-refractivity contribution in [2.45, 2.75) is 33.5 Å². The van der Waals surface area contributed by atoms with Gasteiger partial charge >= 0.3 is 0 Å². The van der Waals surface area contributed by atoms with Gasteiger partial charge in [0.1, 0.15) is 5.75 Å². The lowest BCUT2D eigenvalue weighted by atomic mass is 10.1. The fourth-order valence-corrected chi connectivity index (χ4v) is 2.27. The first kappa shape index (κ1) is 12.0. The molecule has 1 nitrogen and oxygen atoms in total. The van der Waals surface area contributed by atoms with Gasteiger partial charge in [0.25, 0.3) is 0 Å². The highest BCUT2D eigenvalue weighted by molar-refractivity contribution is 6.70. The summed E-state index contributed by atoms with van der Waals surface area (Å²) in [4.78, 5) is 0. The third kappa shape index (κ3) is 3.92. The number of aryl methyl sites for hydroxylation is 1. The van der Waals surface area contributed by atoms with Gasteiger partial charge in [-0.2, -0.15) is 0 Å². The maximum atomic E-state index is 5.93. The van der Waals surface area contributed by atoms with E-state index in [4.69, 9.17) is 4.43 Å². The van der Waals surface area contributed by atoms with Crippen LogP contribution in [0, 0.1) is 6.92 Å². The van der Waals surface area contributed by atoms with Crippen molar-refractivity contribution in [2.24, 2.45) is 0 Å². The number of hydrogen-bond donors (Lipinski definition) is 0. The van der Waals surface area contributed by atoms with Crippen LogP contribution in [0.15, 0.2) is 24.3 Å². The predicted molar refractivity (Wildman–Crippen MR) is 69.9 cm³/mol. The van der Waals surface area contributed by atoms with Gasteiger partial charge in [-0.05, 0) is 56.7 Å². The third-order valence-electron chi connectivity index (χ3n) is 2.01. The molecule has 0 amide bonds. The zero-order valence-corrected chi connectivity index (χ0v) is 11.3. The molecule has 0 N–H and O–H groups in total. The molecule has 0 unspecified atom stereocenters. The maximum Gasteiger partial charge on any atom is 0.242 e. The van der Waals surface area contributed by atoms with E-state index in [-0.39, 0.29) is 0 Å². The highest BCUT2D eigenvalue weighted by Gasteiger charge is 2.16. The molecule has 0 saturated heterocycles. The first-order valence-electron chi connectivity index (χ1n) is 5.35. The second-order valence-corrected chi connectivity index (χ2v) is 9.16. The fraction of sp³-hybridized carbons (Fsp3) is 0.385. The Morgan fingerprint density at radius 1 is 1.20 bits per heavy atom. The van der Waals surface area contributed by atoms with Crippen LogP contribution >= 0.6 is 0 Å². The van der Waals surface area contributed by atoms with Gasteiger partial charge in [0.2, 0.25) is 8.32 Å². The summed E-state index contributed by atoms with van der Waals surface area (Å²) >= 11 is 0. The average Bonchev–Trinajstić information content (AvgIpc) is 2.07. The summed E-state index contributed by atoms with van der Waals surface area (Å²) in [5, 5.41) is 0. The summed E-state index contributed by atoms with van der Waals surface area (Å²) in [6.07, 6.45) is 4.18. The minimum atomic E-state index is -1.47. The van der Waals surface area contributed by atoms with Gasteiger partial charge in [0.15, 0.2) is 0 Å². The normalized spacial score (nSPS) is 12.1. The van der Waals surface area contributed by atoms with Crippen molar-refractivity contribution in [1.29, 1.82) is 0 Å². The first-order chi connectivity index (χ1) is 6.92. The van der Waals surface area contributed by atoms with Gasteiger partial charge in [0.05, 0.1) is 0 Å². The van der Waals surface area contributed by atoms with Crippen molar-refractivity contribution in [1.82, 2.24) is 0 Å². The average molecular weight is 220 g/mol. The second kappa shape index (κ2) is 4.66. The van der Waals surface area contributed by atoms with Crippen LogP contribution in [0.4, 0.5) is 0 Å². The molecule has 0 aliphatic heterocycles. The first-order valence-corrected chi connectivity index (χ1v) is 8.75. The lowest BCUT2D eigenvalue weighted by Gasteiger charge is -2.19. The highest BCUT2D eigenvalue weighted by atomic mass is 28.4. The smallest absolute Gasteiger partial charge is 0.242 e. The van der Waals surface area contributed by atoms with E-state index >= 15 is 0 Å². The molecule has 1 aromatic rings. The monoisotopic (exact) mass is 220 g/mol. The van der Waals surface area contributed by atoms with Crippen molar-refractivity contribution >= 4 is 14.4 Å². The van der Waals surface area contributed by atoms with E-state index in [2.05, 4.69) is 56.9 Å². The Hall–Kier alpha value is -1.02. The van der Waals surface area contributed by atoms with Crippen molar-refractivity contribution in [3.63, 3.8) is 0 Å². The Morgan fingerprint density at radius 3 is 2.33 bits per heavy atom. The summed E-state index contributed by atoms with van der Waals surface area (Å²) < 4.78 is 5.93. The van der Waals surface area contributed by atoms with E-state index in [1.807, 2.05) is 6.92 Å². The summed E-state index contributed by atoms with van der Waals surface area (Å²) in [5.74, 6) is 1.000. The van der Waals surface area contributed by atoms with Crippen LogP contribution in [0.5, 0.6) is 5.75 Å². The molecule has 0 heterocycles. The van der Waals surface area contributed by atoms with Crippen molar-refractivity contribution in [3.05, 3.63) is 35.4 Å². The number of allylic oxidation sites excluding steroid dienone is 1. The zero-order valence-electron chi connectivity index (χ0n) is 10.3. The van der Waals surface area contributed by atoms with E-state index in [9.17, 15) is 0 Å². The van der Waals surface area contributed by atoms with Gasteiger partial charge in [-0.1, -0.05) is 18.2 Å². The van der Waals surface area contributed by atoms with E-state index in [1.54, 1.807) is 0 Å². The van der Waals surface area contributed by atoms with E-state index in [0.717, 1.165) is 5.75 Å². The molecule has 0 spiro atoms. The topological polar surface area (TPSA) is 9.23 Å². The van der Waals surface area contributed by atoms with Crippen LogP contribution in [0.25, 0.3) is 6.08 Å². The molecular weight excluding hydrogens is 200 g/mol. The molecule has 1 aromatic carbocycles. The molecule has 15 heavy (non-hydrogen) atoms. The minimum absolute atomic E-state index is 1.000. The standard InChI is InChI=1S/C13H20OSi/c1-6-7-12-8-9-13(10-11(12)2)14-15(3,4)5/h6-10H,1-5H3. The van der Waals surface area contributed by atoms with Crippen molar-refractivity contribution in [2.75, 3.05) is 0 Å². The Morgan fingerprint density at radius 2 is 1.87 bits per heavy atom. The summed E-state index contributed by atoms with van der Waals surface area (Å²) in [7, 11) is -1.47. The summed E-state index contributed by atoms with van der Waals surface area (Å²) in [6.45, 7) is 10.7. The minimum Gasteiger partial charge on any atom is -0.544 e. The molecule has 1 rings (SSSR count). The molecule has 0 aliphatic carbocycles. The van der Waals surface area contributed by atoms with Crippen LogP contribution in [-0.2, 0) is 0 Å². The summed E-state index contributed by atoms with van der Waals surface area (Å²) in [5.41, 5.74) is 2.53. The van der Waals surface area contributed by atoms with E-state index in [1.165, 1.54) is 11.1 Å². The fourth-order valence-electron chi connectivity index (χ4n) is 1.43. The largest absolute Gasteiger partial charge is 0.544 e.